The van der Waals surface area contributed by atoms with Gasteiger partial charge in [0.1, 0.15) is 0 Å². The molecule has 1 atom stereocenters. The van der Waals surface area contributed by atoms with Crippen LogP contribution >= 0.6 is 27.3 Å². The van der Waals surface area contributed by atoms with E-state index >= 15 is 0 Å². The summed E-state index contributed by atoms with van der Waals surface area (Å²) in [6.45, 7) is 0.667. The van der Waals surface area contributed by atoms with Crippen LogP contribution in [0.1, 0.15) is 10.9 Å². The fourth-order valence-electron chi connectivity index (χ4n) is 1.09. The Morgan fingerprint density at radius 1 is 1.58 bits per heavy atom. The number of hydrogen-bond donors (Lipinski definition) is 1. The van der Waals surface area contributed by atoms with Gasteiger partial charge in [-0.25, -0.2) is 0 Å². The average molecular weight is 249 g/mol. The highest BCUT2D eigenvalue weighted by Crippen LogP contribution is 2.28. The number of thiophene rings is 1. The molecule has 2 nitrogen and oxygen atoms in total. The van der Waals surface area contributed by atoms with Crippen LogP contribution in [0.25, 0.3) is 0 Å². The van der Waals surface area contributed by atoms with Crippen molar-refractivity contribution in [3.8, 4) is 0 Å². The van der Waals surface area contributed by atoms with Crippen LogP contribution in [0, 0.1) is 0 Å². The molecule has 68 valence electrons. The number of nitrogens with zero attached hydrogens (tertiary/aromatic N) is 1. The van der Waals surface area contributed by atoms with Crippen LogP contribution in [-0.4, -0.2) is 25.5 Å². The Kier molecular flexibility index (Phi) is 3.71. The highest BCUT2D eigenvalue weighted by atomic mass is 79.9. The van der Waals surface area contributed by atoms with E-state index in [9.17, 15) is 0 Å². The molecule has 2 N–H and O–H groups in total. The lowest BCUT2D eigenvalue weighted by molar-refractivity contribution is 0.310. The quantitative estimate of drug-likeness (QED) is 0.888. The Labute approximate surface area is 85.5 Å². The fraction of sp³-hybridized carbons (Fsp3) is 0.500. The maximum atomic E-state index is 5.66. The molecular weight excluding hydrogens is 236 g/mol. The van der Waals surface area contributed by atoms with E-state index in [0.717, 1.165) is 3.79 Å². The molecule has 1 aromatic heterocycles. The van der Waals surface area contributed by atoms with Crippen LogP contribution in [0.2, 0.25) is 0 Å². The second-order valence-electron chi connectivity index (χ2n) is 2.86. The standard InChI is InChI=1S/C8H13BrN2S/c1-11(2)6(5-10)7-3-4-8(9)12-7/h3-4,6H,5,10H2,1-2H3. The van der Waals surface area contributed by atoms with Gasteiger partial charge in [0.2, 0.25) is 0 Å². The number of rotatable bonds is 3. The molecule has 1 unspecified atom stereocenters. The van der Waals surface area contributed by atoms with Crippen molar-refractivity contribution in [2.75, 3.05) is 20.6 Å². The van der Waals surface area contributed by atoms with Crippen LogP contribution in [0.4, 0.5) is 0 Å². The smallest absolute Gasteiger partial charge is 0.0702 e. The summed E-state index contributed by atoms with van der Waals surface area (Å²) in [7, 11) is 4.09. The zero-order valence-corrected chi connectivity index (χ0v) is 9.65. The Morgan fingerprint density at radius 3 is 2.58 bits per heavy atom. The van der Waals surface area contributed by atoms with E-state index in [2.05, 4.69) is 33.0 Å². The zero-order chi connectivity index (χ0) is 9.14. The van der Waals surface area contributed by atoms with Crippen LogP contribution in [-0.2, 0) is 0 Å². The van der Waals surface area contributed by atoms with E-state index in [1.54, 1.807) is 11.3 Å². The van der Waals surface area contributed by atoms with Gasteiger partial charge in [-0.15, -0.1) is 11.3 Å². The van der Waals surface area contributed by atoms with Crippen molar-refractivity contribution in [2.24, 2.45) is 5.73 Å². The van der Waals surface area contributed by atoms with E-state index in [1.807, 2.05) is 14.1 Å². The largest absolute Gasteiger partial charge is 0.329 e. The Hall–Kier alpha value is 0.1000. The van der Waals surface area contributed by atoms with Gasteiger partial charge in [0.05, 0.1) is 9.83 Å². The van der Waals surface area contributed by atoms with Crippen molar-refractivity contribution < 1.29 is 0 Å². The fourth-order valence-corrected chi connectivity index (χ4v) is 2.72. The summed E-state index contributed by atoms with van der Waals surface area (Å²) in [4.78, 5) is 3.45. The average Bonchev–Trinajstić information content (AvgIpc) is 2.37. The molecule has 1 heterocycles. The summed E-state index contributed by atoms with van der Waals surface area (Å²) in [6, 6.07) is 4.53. The minimum absolute atomic E-state index is 0.348. The predicted octanol–water partition coefficient (Wildman–Crippen LogP) is 2.07. The summed E-state index contributed by atoms with van der Waals surface area (Å²) in [6.07, 6.45) is 0. The lowest BCUT2D eigenvalue weighted by Gasteiger charge is -2.20. The van der Waals surface area contributed by atoms with E-state index < -0.39 is 0 Å². The minimum Gasteiger partial charge on any atom is -0.329 e. The first-order valence-electron chi connectivity index (χ1n) is 3.77. The van der Waals surface area contributed by atoms with Gasteiger partial charge in [-0.05, 0) is 42.2 Å². The van der Waals surface area contributed by atoms with E-state index in [1.165, 1.54) is 4.88 Å². The molecule has 1 rings (SSSR count). The Bertz CT molecular complexity index is 247. The highest BCUT2D eigenvalue weighted by molar-refractivity contribution is 9.11. The van der Waals surface area contributed by atoms with E-state index in [-0.39, 0.29) is 0 Å². The normalized spacial score (nSPS) is 13.8. The third-order valence-electron chi connectivity index (χ3n) is 1.77. The van der Waals surface area contributed by atoms with Crippen LogP contribution in [0.5, 0.6) is 0 Å². The number of hydrogen-bond acceptors (Lipinski definition) is 3. The molecule has 0 fully saturated rings. The van der Waals surface area contributed by atoms with E-state index in [0.29, 0.717) is 12.6 Å². The second kappa shape index (κ2) is 4.37. The zero-order valence-electron chi connectivity index (χ0n) is 7.25. The second-order valence-corrected chi connectivity index (χ2v) is 5.35. The molecule has 0 aliphatic heterocycles. The van der Waals surface area contributed by atoms with Crippen molar-refractivity contribution in [1.82, 2.24) is 4.90 Å². The molecule has 4 heteroatoms. The van der Waals surface area contributed by atoms with Gasteiger partial charge in [-0.2, -0.15) is 0 Å². The van der Waals surface area contributed by atoms with Gasteiger partial charge in [-0.1, -0.05) is 0 Å². The van der Waals surface area contributed by atoms with Gasteiger partial charge in [0.15, 0.2) is 0 Å². The SMILES string of the molecule is CN(C)C(CN)c1ccc(Br)s1. The molecule has 0 spiro atoms. The maximum Gasteiger partial charge on any atom is 0.0702 e. The van der Waals surface area contributed by atoms with Gasteiger partial charge in [0, 0.05) is 11.4 Å². The Balaban J connectivity index is 2.80. The molecule has 0 aliphatic rings. The molecule has 0 bridgehead atoms. The molecule has 12 heavy (non-hydrogen) atoms. The van der Waals surface area contributed by atoms with E-state index in [4.69, 9.17) is 5.73 Å². The van der Waals surface area contributed by atoms with Gasteiger partial charge in [0.25, 0.3) is 0 Å². The third kappa shape index (κ3) is 2.29. The first-order valence-corrected chi connectivity index (χ1v) is 5.38. The summed E-state index contributed by atoms with van der Waals surface area (Å²) in [5, 5.41) is 0. The van der Waals surface area contributed by atoms with Gasteiger partial charge in [-0.3, -0.25) is 0 Å². The van der Waals surface area contributed by atoms with Gasteiger partial charge < -0.3 is 10.6 Å². The predicted molar refractivity (Wildman–Crippen MR) is 57.5 cm³/mol. The lowest BCUT2D eigenvalue weighted by atomic mass is 10.2. The maximum absolute atomic E-state index is 5.66. The first-order chi connectivity index (χ1) is 5.65. The molecular formula is C8H13BrN2S. The third-order valence-corrected chi connectivity index (χ3v) is 3.49. The molecule has 0 radical (unpaired) electrons. The Morgan fingerprint density at radius 2 is 2.25 bits per heavy atom. The molecule has 0 saturated heterocycles. The van der Waals surface area contributed by atoms with Crippen molar-refractivity contribution >= 4 is 27.3 Å². The highest BCUT2D eigenvalue weighted by Gasteiger charge is 2.13. The first kappa shape index (κ1) is 10.2. The summed E-state index contributed by atoms with van der Waals surface area (Å²) < 4.78 is 1.16. The molecule has 0 saturated carbocycles. The molecule has 0 aliphatic carbocycles. The van der Waals surface area contributed by atoms with Crippen LogP contribution < -0.4 is 5.73 Å². The lowest BCUT2D eigenvalue weighted by Crippen LogP contribution is -2.26. The van der Waals surface area contributed by atoms with Crippen molar-refractivity contribution in [3.63, 3.8) is 0 Å². The molecule has 1 aromatic rings. The molecule has 0 aromatic carbocycles. The summed E-state index contributed by atoms with van der Waals surface area (Å²) in [5.41, 5.74) is 5.66. The number of nitrogens with two attached hydrogens (primary N) is 1. The van der Waals surface area contributed by atoms with Crippen LogP contribution in [0.3, 0.4) is 0 Å². The number of halogens is 1. The van der Waals surface area contributed by atoms with Crippen molar-refractivity contribution in [3.05, 3.63) is 20.8 Å². The minimum atomic E-state index is 0.348. The number of likely N-dealkylation sites (N-methyl/N-ethyl adjacent to an activating group) is 1. The van der Waals surface area contributed by atoms with Crippen molar-refractivity contribution in [1.29, 1.82) is 0 Å². The summed E-state index contributed by atoms with van der Waals surface area (Å²) >= 11 is 5.18. The molecule has 0 amide bonds. The van der Waals surface area contributed by atoms with Crippen molar-refractivity contribution in [2.45, 2.75) is 6.04 Å². The van der Waals surface area contributed by atoms with Crippen LogP contribution in [0.15, 0.2) is 15.9 Å². The summed E-state index contributed by atoms with van der Waals surface area (Å²) in [5.74, 6) is 0. The monoisotopic (exact) mass is 248 g/mol. The topological polar surface area (TPSA) is 29.3 Å². The van der Waals surface area contributed by atoms with Gasteiger partial charge >= 0.3 is 0 Å².